The second-order valence-electron chi connectivity index (χ2n) is 4.89. The summed E-state index contributed by atoms with van der Waals surface area (Å²) in [4.78, 5) is 2.51. The lowest BCUT2D eigenvalue weighted by Gasteiger charge is -2.35. The van der Waals surface area contributed by atoms with Crippen molar-refractivity contribution in [3.63, 3.8) is 0 Å². The minimum absolute atomic E-state index is 0.875. The molecule has 0 heterocycles. The molecule has 0 radical (unpaired) electrons. The molecule has 1 rings (SSSR count). The Kier molecular flexibility index (Phi) is 4.24. The van der Waals surface area contributed by atoms with Crippen LogP contribution in [0.2, 0.25) is 0 Å². The summed E-state index contributed by atoms with van der Waals surface area (Å²) in [5.41, 5.74) is 0. The van der Waals surface area contributed by atoms with Crippen molar-refractivity contribution >= 4 is 0 Å². The largest absolute Gasteiger partial charge is 0.304 e. The first-order chi connectivity index (χ1) is 6.15. The molecule has 78 valence electrons. The normalized spacial score (nSPS) is 30.0. The van der Waals surface area contributed by atoms with E-state index < -0.39 is 0 Å². The summed E-state index contributed by atoms with van der Waals surface area (Å²) in [5, 5.41) is 0. The third-order valence-corrected chi connectivity index (χ3v) is 3.81. The van der Waals surface area contributed by atoms with Gasteiger partial charge in [0.1, 0.15) is 0 Å². The maximum absolute atomic E-state index is 2.51. The molecule has 1 saturated carbocycles. The predicted molar refractivity (Wildman–Crippen MR) is 58.9 cm³/mol. The second-order valence-corrected chi connectivity index (χ2v) is 4.89. The van der Waals surface area contributed by atoms with Crippen molar-refractivity contribution in [1.29, 1.82) is 0 Å². The van der Waals surface area contributed by atoms with Gasteiger partial charge in [0, 0.05) is 6.04 Å². The summed E-state index contributed by atoms with van der Waals surface area (Å²) in [6.07, 6.45) is 5.75. The number of rotatable bonds is 3. The highest BCUT2D eigenvalue weighted by Gasteiger charge is 2.24. The maximum Gasteiger partial charge on any atom is 0.00923 e. The zero-order valence-electron chi connectivity index (χ0n) is 9.71. The molecular weight excluding hydrogens is 158 g/mol. The van der Waals surface area contributed by atoms with E-state index in [1.807, 2.05) is 0 Å². The summed E-state index contributed by atoms with van der Waals surface area (Å²) in [5.74, 6) is 1.90. The van der Waals surface area contributed by atoms with Crippen LogP contribution in [0.15, 0.2) is 0 Å². The molecule has 13 heavy (non-hydrogen) atoms. The average molecular weight is 183 g/mol. The highest BCUT2D eigenvalue weighted by atomic mass is 15.1. The standard InChI is InChI=1S/C12H25N/c1-5-13(4)12-8-6-11(7-9-12)10(2)3/h10-12H,5-9H2,1-4H3/t11-,12-. The molecular formula is C12H25N. The van der Waals surface area contributed by atoms with Crippen LogP contribution in [0.3, 0.4) is 0 Å². The maximum atomic E-state index is 2.51. The first-order valence-electron chi connectivity index (χ1n) is 5.85. The number of hydrogen-bond donors (Lipinski definition) is 0. The second kappa shape index (κ2) is 4.99. The Morgan fingerprint density at radius 1 is 1.15 bits per heavy atom. The average Bonchev–Trinajstić information content (AvgIpc) is 2.17. The Morgan fingerprint density at radius 3 is 2.08 bits per heavy atom. The van der Waals surface area contributed by atoms with Crippen molar-refractivity contribution in [2.75, 3.05) is 13.6 Å². The van der Waals surface area contributed by atoms with Crippen LogP contribution in [0.5, 0.6) is 0 Å². The summed E-state index contributed by atoms with van der Waals surface area (Å²) < 4.78 is 0. The van der Waals surface area contributed by atoms with Crippen LogP contribution in [0.25, 0.3) is 0 Å². The molecule has 0 N–H and O–H groups in total. The van der Waals surface area contributed by atoms with Gasteiger partial charge in [-0.2, -0.15) is 0 Å². The molecule has 0 atom stereocenters. The molecule has 0 unspecified atom stereocenters. The van der Waals surface area contributed by atoms with Gasteiger partial charge in [-0.1, -0.05) is 20.8 Å². The van der Waals surface area contributed by atoms with E-state index in [-0.39, 0.29) is 0 Å². The van der Waals surface area contributed by atoms with E-state index in [0.717, 1.165) is 17.9 Å². The molecule has 0 aromatic carbocycles. The van der Waals surface area contributed by atoms with Crippen LogP contribution in [0.4, 0.5) is 0 Å². The van der Waals surface area contributed by atoms with E-state index in [2.05, 4.69) is 32.7 Å². The minimum Gasteiger partial charge on any atom is -0.304 e. The molecule has 0 aliphatic heterocycles. The molecule has 0 aromatic heterocycles. The Bertz CT molecular complexity index is 134. The van der Waals surface area contributed by atoms with Gasteiger partial charge in [-0.15, -0.1) is 0 Å². The smallest absolute Gasteiger partial charge is 0.00923 e. The van der Waals surface area contributed by atoms with Crippen molar-refractivity contribution in [1.82, 2.24) is 4.90 Å². The topological polar surface area (TPSA) is 3.24 Å². The predicted octanol–water partition coefficient (Wildman–Crippen LogP) is 3.15. The van der Waals surface area contributed by atoms with Crippen LogP contribution in [-0.4, -0.2) is 24.5 Å². The fourth-order valence-corrected chi connectivity index (χ4v) is 2.47. The Balaban J connectivity index is 2.30. The van der Waals surface area contributed by atoms with Crippen molar-refractivity contribution in [2.24, 2.45) is 11.8 Å². The van der Waals surface area contributed by atoms with Crippen molar-refractivity contribution in [3.05, 3.63) is 0 Å². The summed E-state index contributed by atoms with van der Waals surface area (Å²) in [6, 6.07) is 0.875. The molecule has 0 spiro atoms. The quantitative estimate of drug-likeness (QED) is 0.649. The van der Waals surface area contributed by atoms with Gasteiger partial charge in [-0.25, -0.2) is 0 Å². The van der Waals surface area contributed by atoms with E-state index in [1.54, 1.807) is 0 Å². The molecule has 0 amide bonds. The molecule has 1 aliphatic carbocycles. The van der Waals surface area contributed by atoms with Gasteiger partial charge in [0.25, 0.3) is 0 Å². The lowest BCUT2D eigenvalue weighted by Crippen LogP contribution is -2.35. The van der Waals surface area contributed by atoms with Crippen LogP contribution in [0.1, 0.15) is 46.5 Å². The SMILES string of the molecule is CCN(C)[C@H]1CC[C@H](C(C)C)CC1. The summed E-state index contributed by atoms with van der Waals surface area (Å²) in [7, 11) is 2.26. The van der Waals surface area contributed by atoms with Crippen molar-refractivity contribution in [3.8, 4) is 0 Å². The molecule has 1 nitrogen and oxygen atoms in total. The fourth-order valence-electron chi connectivity index (χ4n) is 2.47. The van der Waals surface area contributed by atoms with Crippen molar-refractivity contribution < 1.29 is 0 Å². The first kappa shape index (κ1) is 11.0. The van der Waals surface area contributed by atoms with Crippen LogP contribution >= 0.6 is 0 Å². The Morgan fingerprint density at radius 2 is 1.69 bits per heavy atom. The third kappa shape index (κ3) is 2.98. The van der Waals surface area contributed by atoms with Crippen molar-refractivity contribution in [2.45, 2.75) is 52.5 Å². The zero-order chi connectivity index (χ0) is 9.84. The van der Waals surface area contributed by atoms with E-state index in [4.69, 9.17) is 0 Å². The molecule has 1 heteroatoms. The number of hydrogen-bond acceptors (Lipinski definition) is 1. The zero-order valence-corrected chi connectivity index (χ0v) is 9.71. The molecule has 1 fully saturated rings. The van der Waals surface area contributed by atoms with Gasteiger partial charge in [-0.05, 0) is 51.1 Å². The van der Waals surface area contributed by atoms with Gasteiger partial charge in [0.15, 0.2) is 0 Å². The highest BCUT2D eigenvalue weighted by molar-refractivity contribution is 4.78. The van der Waals surface area contributed by atoms with Gasteiger partial charge in [0.2, 0.25) is 0 Å². The van der Waals surface area contributed by atoms with E-state index in [1.165, 1.54) is 32.2 Å². The monoisotopic (exact) mass is 183 g/mol. The summed E-state index contributed by atoms with van der Waals surface area (Å²) >= 11 is 0. The lowest BCUT2D eigenvalue weighted by atomic mass is 9.79. The van der Waals surface area contributed by atoms with Gasteiger partial charge >= 0.3 is 0 Å². The first-order valence-corrected chi connectivity index (χ1v) is 5.85. The van der Waals surface area contributed by atoms with Crippen LogP contribution in [0, 0.1) is 11.8 Å². The van der Waals surface area contributed by atoms with Gasteiger partial charge < -0.3 is 4.90 Å². The van der Waals surface area contributed by atoms with E-state index >= 15 is 0 Å². The van der Waals surface area contributed by atoms with E-state index in [0.29, 0.717) is 0 Å². The Labute approximate surface area is 83.5 Å². The Hall–Kier alpha value is -0.0400. The van der Waals surface area contributed by atoms with E-state index in [9.17, 15) is 0 Å². The summed E-state index contributed by atoms with van der Waals surface area (Å²) in [6.45, 7) is 8.20. The molecule has 0 aromatic rings. The van der Waals surface area contributed by atoms with Gasteiger partial charge in [-0.3, -0.25) is 0 Å². The van der Waals surface area contributed by atoms with Crippen LogP contribution < -0.4 is 0 Å². The molecule has 0 saturated heterocycles. The lowest BCUT2D eigenvalue weighted by molar-refractivity contribution is 0.152. The number of nitrogens with zero attached hydrogens (tertiary/aromatic N) is 1. The molecule has 0 bridgehead atoms. The minimum atomic E-state index is 0.875. The molecule has 1 aliphatic rings. The van der Waals surface area contributed by atoms with Gasteiger partial charge in [0.05, 0.1) is 0 Å². The fraction of sp³-hybridized carbons (Fsp3) is 1.00. The highest BCUT2D eigenvalue weighted by Crippen LogP contribution is 2.31. The third-order valence-electron chi connectivity index (χ3n) is 3.81. The van der Waals surface area contributed by atoms with Crippen LogP contribution in [-0.2, 0) is 0 Å².